The molecule has 2 rings (SSSR count). The molecule has 1 aromatic carbocycles. The van der Waals surface area contributed by atoms with E-state index in [1.807, 2.05) is 28.7 Å². The van der Waals surface area contributed by atoms with Crippen molar-refractivity contribution in [3.05, 3.63) is 61.1 Å². The summed E-state index contributed by atoms with van der Waals surface area (Å²) in [5, 5.41) is 19.1. The Morgan fingerprint density at radius 1 is 1.37 bits per heavy atom. The number of aromatic nitrogens is 1. The van der Waals surface area contributed by atoms with Crippen molar-refractivity contribution in [2.45, 2.75) is 6.10 Å². The van der Waals surface area contributed by atoms with E-state index in [-0.39, 0.29) is 4.60 Å². The van der Waals surface area contributed by atoms with Gasteiger partial charge in [0.05, 0.1) is 17.3 Å². The molecule has 0 amide bonds. The van der Waals surface area contributed by atoms with Crippen LogP contribution in [-0.4, -0.2) is 10.1 Å². The van der Waals surface area contributed by atoms with Gasteiger partial charge in [-0.3, -0.25) is 0 Å². The molecule has 1 heterocycles. The van der Waals surface area contributed by atoms with Gasteiger partial charge in [-0.25, -0.2) is 9.37 Å². The van der Waals surface area contributed by atoms with Crippen LogP contribution in [0.15, 0.2) is 34.9 Å². The minimum atomic E-state index is -0.962. The van der Waals surface area contributed by atoms with Crippen LogP contribution in [-0.2, 0) is 0 Å². The summed E-state index contributed by atoms with van der Waals surface area (Å²) >= 11 is 5.03. The lowest BCUT2D eigenvalue weighted by Gasteiger charge is -2.13. The molecule has 3 nitrogen and oxygen atoms in total. The molecule has 0 radical (unpaired) electrons. The highest BCUT2D eigenvalue weighted by molar-refractivity contribution is 14.1. The van der Waals surface area contributed by atoms with Gasteiger partial charge in [-0.15, -0.1) is 0 Å². The molecule has 2 aromatic rings. The Morgan fingerprint density at radius 2 is 2.11 bits per heavy atom. The average molecular weight is 433 g/mol. The van der Waals surface area contributed by atoms with Crippen molar-refractivity contribution in [3.63, 3.8) is 0 Å². The smallest absolute Gasteiger partial charge is 0.155 e. The first-order chi connectivity index (χ1) is 9.02. The van der Waals surface area contributed by atoms with Crippen LogP contribution in [0.2, 0.25) is 0 Å². The second-order valence-corrected chi connectivity index (χ2v) is 5.67. The van der Waals surface area contributed by atoms with Gasteiger partial charge in [-0.05, 0) is 68.3 Å². The van der Waals surface area contributed by atoms with Gasteiger partial charge in [-0.1, -0.05) is 6.07 Å². The topological polar surface area (TPSA) is 56.9 Å². The molecule has 6 heteroatoms. The Balaban J connectivity index is 2.41. The Morgan fingerprint density at radius 3 is 2.68 bits per heavy atom. The number of hydrogen-bond acceptors (Lipinski definition) is 3. The zero-order chi connectivity index (χ0) is 14.0. The Labute approximate surface area is 131 Å². The summed E-state index contributed by atoms with van der Waals surface area (Å²) < 4.78 is 13.9. The number of nitrogens with zero attached hydrogens (tertiary/aromatic N) is 2. The standard InChI is InChI=1S/C13H7BrFIN2O/c14-13-9(15)3-4-11(18-13)12(19)8-2-1-7(6-17)5-10(8)16/h1-5,12,19H. The second-order valence-electron chi connectivity index (χ2n) is 3.76. The number of nitriles is 1. The molecule has 1 aromatic heterocycles. The van der Waals surface area contributed by atoms with Crippen molar-refractivity contribution in [2.24, 2.45) is 0 Å². The molecule has 19 heavy (non-hydrogen) atoms. The van der Waals surface area contributed by atoms with Gasteiger partial charge in [0, 0.05) is 3.57 Å². The van der Waals surface area contributed by atoms with Gasteiger partial charge >= 0.3 is 0 Å². The van der Waals surface area contributed by atoms with Crippen molar-refractivity contribution < 1.29 is 9.50 Å². The van der Waals surface area contributed by atoms with Crippen molar-refractivity contribution in [3.8, 4) is 6.07 Å². The molecule has 0 fully saturated rings. The molecule has 0 bridgehead atoms. The quantitative estimate of drug-likeness (QED) is 0.583. The molecule has 1 N–H and O–H groups in total. The van der Waals surface area contributed by atoms with Crippen molar-refractivity contribution >= 4 is 38.5 Å². The summed E-state index contributed by atoms with van der Waals surface area (Å²) in [6.07, 6.45) is -0.962. The van der Waals surface area contributed by atoms with E-state index < -0.39 is 11.9 Å². The SMILES string of the molecule is N#Cc1ccc(C(O)c2ccc(F)c(Br)n2)c(I)c1. The van der Waals surface area contributed by atoms with Crippen LogP contribution in [0.3, 0.4) is 0 Å². The number of benzene rings is 1. The highest BCUT2D eigenvalue weighted by Gasteiger charge is 2.16. The van der Waals surface area contributed by atoms with Crippen LogP contribution in [0.1, 0.15) is 22.9 Å². The lowest BCUT2D eigenvalue weighted by atomic mass is 10.0. The minimum absolute atomic E-state index is 0.0627. The monoisotopic (exact) mass is 432 g/mol. The van der Waals surface area contributed by atoms with Gasteiger partial charge in [0.1, 0.15) is 10.7 Å². The molecule has 0 aliphatic rings. The molecule has 0 aliphatic heterocycles. The lowest BCUT2D eigenvalue weighted by Crippen LogP contribution is -2.05. The third-order valence-corrected chi connectivity index (χ3v) is 4.02. The number of aliphatic hydroxyl groups excluding tert-OH is 1. The normalized spacial score (nSPS) is 11.9. The molecular weight excluding hydrogens is 426 g/mol. The first-order valence-electron chi connectivity index (χ1n) is 5.22. The largest absolute Gasteiger partial charge is 0.382 e. The molecule has 1 unspecified atom stereocenters. The van der Waals surface area contributed by atoms with E-state index in [0.29, 0.717) is 16.8 Å². The number of pyridine rings is 1. The molecule has 0 saturated carbocycles. The number of halogens is 3. The molecule has 1 atom stereocenters. The maximum absolute atomic E-state index is 13.1. The molecule has 0 spiro atoms. The van der Waals surface area contributed by atoms with E-state index in [0.717, 1.165) is 3.57 Å². The fraction of sp³-hybridized carbons (Fsp3) is 0.0769. The van der Waals surface area contributed by atoms with Crippen LogP contribution in [0, 0.1) is 20.7 Å². The Kier molecular flexibility index (Phi) is 4.50. The Hall–Kier alpha value is -1.04. The van der Waals surface area contributed by atoms with E-state index in [4.69, 9.17) is 5.26 Å². The van der Waals surface area contributed by atoms with Crippen LogP contribution in [0.4, 0.5) is 4.39 Å². The summed E-state index contributed by atoms with van der Waals surface area (Å²) in [5.74, 6) is -0.481. The third kappa shape index (κ3) is 3.11. The molecule has 0 aliphatic carbocycles. The number of hydrogen-bond donors (Lipinski definition) is 1. The van der Waals surface area contributed by atoms with Crippen LogP contribution < -0.4 is 0 Å². The summed E-state index contributed by atoms with van der Waals surface area (Å²) in [6, 6.07) is 9.68. The zero-order valence-corrected chi connectivity index (χ0v) is 13.2. The van der Waals surface area contributed by atoms with E-state index in [1.165, 1.54) is 12.1 Å². The van der Waals surface area contributed by atoms with Crippen molar-refractivity contribution in [1.82, 2.24) is 4.98 Å². The number of aliphatic hydroxyl groups is 1. The minimum Gasteiger partial charge on any atom is -0.382 e. The van der Waals surface area contributed by atoms with Crippen molar-refractivity contribution in [1.29, 1.82) is 5.26 Å². The van der Waals surface area contributed by atoms with Gasteiger partial charge in [0.15, 0.2) is 5.82 Å². The van der Waals surface area contributed by atoms with Gasteiger partial charge in [0.25, 0.3) is 0 Å². The molecular formula is C13H7BrFIN2O. The van der Waals surface area contributed by atoms with Crippen LogP contribution in [0.25, 0.3) is 0 Å². The van der Waals surface area contributed by atoms with E-state index >= 15 is 0 Å². The summed E-state index contributed by atoms with van der Waals surface area (Å²) in [7, 11) is 0. The lowest BCUT2D eigenvalue weighted by molar-refractivity contribution is 0.214. The average Bonchev–Trinajstić information content (AvgIpc) is 2.41. The highest BCUT2D eigenvalue weighted by Crippen LogP contribution is 2.27. The summed E-state index contributed by atoms with van der Waals surface area (Å²) in [4.78, 5) is 3.96. The first kappa shape index (κ1) is 14.4. The molecule has 96 valence electrons. The van der Waals surface area contributed by atoms with Gasteiger partial charge in [0.2, 0.25) is 0 Å². The predicted molar refractivity (Wildman–Crippen MR) is 79.8 cm³/mol. The third-order valence-electron chi connectivity index (χ3n) is 2.53. The summed E-state index contributed by atoms with van der Waals surface area (Å²) in [6.45, 7) is 0. The van der Waals surface area contributed by atoms with E-state index in [2.05, 4.69) is 20.9 Å². The Bertz CT molecular complexity index is 672. The second kappa shape index (κ2) is 5.94. The first-order valence-corrected chi connectivity index (χ1v) is 7.09. The zero-order valence-electron chi connectivity index (χ0n) is 9.44. The maximum atomic E-state index is 13.1. The summed E-state index contributed by atoms with van der Waals surface area (Å²) in [5.41, 5.74) is 1.50. The fourth-order valence-electron chi connectivity index (χ4n) is 1.56. The molecule has 0 saturated heterocycles. The maximum Gasteiger partial charge on any atom is 0.155 e. The van der Waals surface area contributed by atoms with Gasteiger partial charge in [-0.2, -0.15) is 5.26 Å². The fourth-order valence-corrected chi connectivity index (χ4v) is 2.71. The van der Waals surface area contributed by atoms with Crippen LogP contribution >= 0.6 is 38.5 Å². The number of rotatable bonds is 2. The van der Waals surface area contributed by atoms with Gasteiger partial charge < -0.3 is 5.11 Å². The van der Waals surface area contributed by atoms with Crippen molar-refractivity contribution in [2.75, 3.05) is 0 Å². The van der Waals surface area contributed by atoms with E-state index in [1.54, 1.807) is 18.2 Å². The van der Waals surface area contributed by atoms with Crippen LogP contribution in [0.5, 0.6) is 0 Å². The van der Waals surface area contributed by atoms with E-state index in [9.17, 15) is 9.50 Å². The predicted octanol–water partition coefficient (Wildman–Crippen LogP) is 3.54. The highest BCUT2D eigenvalue weighted by atomic mass is 127.